The van der Waals surface area contributed by atoms with E-state index in [2.05, 4.69) is 5.16 Å². The van der Waals surface area contributed by atoms with Gasteiger partial charge in [0.1, 0.15) is 0 Å². The molecule has 1 aromatic carbocycles. The third-order valence-corrected chi connectivity index (χ3v) is 2.77. The zero-order chi connectivity index (χ0) is 11.7. The Labute approximate surface area is 92.6 Å². The van der Waals surface area contributed by atoms with Crippen LogP contribution in [0.25, 0.3) is 0 Å². The summed E-state index contributed by atoms with van der Waals surface area (Å²) in [7, 11) is 0. The molecular weight excluding hydrogens is 208 g/mol. The molecule has 0 atom stereocenters. The minimum Gasteiger partial charge on any atom is -0.465 e. The number of carbonyl (C=O) groups is 1. The van der Waals surface area contributed by atoms with Crippen LogP contribution < -0.4 is 4.90 Å². The Balaban J connectivity index is 2.40. The van der Waals surface area contributed by atoms with E-state index in [0.717, 1.165) is 16.8 Å². The molecular formula is C11H12N2O3. The average Bonchev–Trinajstić information content (AvgIpc) is 2.70. The molecule has 0 aliphatic carbocycles. The van der Waals surface area contributed by atoms with Crippen LogP contribution in [0.3, 0.4) is 0 Å². The Kier molecular flexibility index (Phi) is 2.52. The van der Waals surface area contributed by atoms with Gasteiger partial charge >= 0.3 is 6.09 Å². The highest BCUT2D eigenvalue weighted by molar-refractivity contribution is 5.99. The molecule has 0 radical (unpaired) electrons. The number of hydrogen-bond acceptors (Lipinski definition) is 3. The summed E-state index contributed by atoms with van der Waals surface area (Å²) in [5.74, 6) is 0. The van der Waals surface area contributed by atoms with Gasteiger partial charge in [0, 0.05) is 6.54 Å². The van der Waals surface area contributed by atoms with Gasteiger partial charge in [-0.2, -0.15) is 0 Å². The first-order chi connectivity index (χ1) is 7.63. The van der Waals surface area contributed by atoms with Gasteiger partial charge in [0.15, 0.2) is 0 Å². The molecule has 84 valence electrons. The van der Waals surface area contributed by atoms with E-state index in [1.807, 2.05) is 6.07 Å². The minimum absolute atomic E-state index is 0.490. The fraction of sp³-hybridized carbons (Fsp3) is 0.273. The minimum atomic E-state index is -0.931. The van der Waals surface area contributed by atoms with E-state index in [1.54, 1.807) is 19.1 Å². The highest BCUT2D eigenvalue weighted by Gasteiger charge is 2.24. The first kappa shape index (κ1) is 10.5. The molecule has 0 saturated heterocycles. The summed E-state index contributed by atoms with van der Waals surface area (Å²) in [5, 5.41) is 20.7. The van der Waals surface area contributed by atoms with E-state index >= 15 is 0 Å². The molecule has 0 fully saturated rings. The van der Waals surface area contributed by atoms with E-state index in [1.165, 1.54) is 4.90 Å². The molecule has 16 heavy (non-hydrogen) atoms. The van der Waals surface area contributed by atoms with Crippen LogP contribution in [-0.4, -0.2) is 28.7 Å². The fourth-order valence-electron chi connectivity index (χ4n) is 1.88. The molecule has 1 heterocycles. The van der Waals surface area contributed by atoms with Crippen LogP contribution >= 0.6 is 0 Å². The molecule has 1 aromatic rings. The van der Waals surface area contributed by atoms with E-state index < -0.39 is 6.09 Å². The van der Waals surface area contributed by atoms with Crippen molar-refractivity contribution in [3.63, 3.8) is 0 Å². The molecule has 0 saturated carbocycles. The van der Waals surface area contributed by atoms with Crippen LogP contribution in [0.1, 0.15) is 18.1 Å². The molecule has 1 amide bonds. The maximum Gasteiger partial charge on any atom is 0.411 e. The molecule has 1 aliphatic heterocycles. The van der Waals surface area contributed by atoms with Gasteiger partial charge in [-0.15, -0.1) is 0 Å². The lowest BCUT2D eigenvalue weighted by molar-refractivity contribution is 0.202. The monoisotopic (exact) mass is 220 g/mol. The Hall–Kier alpha value is -2.04. The molecule has 0 spiro atoms. The van der Waals surface area contributed by atoms with Gasteiger partial charge in [-0.3, -0.25) is 4.90 Å². The second-order valence-electron chi connectivity index (χ2n) is 3.71. The third kappa shape index (κ3) is 1.60. The number of rotatable bonds is 1. The zero-order valence-electron chi connectivity index (χ0n) is 8.84. The van der Waals surface area contributed by atoms with Crippen molar-refractivity contribution in [2.24, 2.45) is 5.16 Å². The SMILES string of the molecule is C/C(=N\O)c1ccc2c(c1)CCN2C(=O)O. The van der Waals surface area contributed by atoms with Crippen molar-refractivity contribution in [1.29, 1.82) is 0 Å². The Morgan fingerprint density at radius 3 is 2.88 bits per heavy atom. The van der Waals surface area contributed by atoms with E-state index in [9.17, 15) is 4.79 Å². The Morgan fingerprint density at radius 2 is 2.25 bits per heavy atom. The van der Waals surface area contributed by atoms with Gasteiger partial charge in [0.05, 0.1) is 11.4 Å². The summed E-state index contributed by atoms with van der Waals surface area (Å²) in [4.78, 5) is 12.2. The Morgan fingerprint density at radius 1 is 1.50 bits per heavy atom. The van der Waals surface area contributed by atoms with Crippen LogP contribution in [-0.2, 0) is 6.42 Å². The number of nitrogens with zero attached hydrogens (tertiary/aromatic N) is 2. The number of fused-ring (bicyclic) bond motifs is 1. The van der Waals surface area contributed by atoms with Gasteiger partial charge < -0.3 is 10.3 Å². The van der Waals surface area contributed by atoms with Gasteiger partial charge in [-0.1, -0.05) is 11.2 Å². The summed E-state index contributed by atoms with van der Waals surface area (Å²) in [6.07, 6.45) is -0.229. The van der Waals surface area contributed by atoms with Gasteiger partial charge in [-0.25, -0.2) is 4.79 Å². The summed E-state index contributed by atoms with van der Waals surface area (Å²) in [5.41, 5.74) is 3.04. The van der Waals surface area contributed by atoms with Crippen molar-refractivity contribution < 1.29 is 15.1 Å². The second-order valence-corrected chi connectivity index (χ2v) is 3.71. The maximum atomic E-state index is 10.9. The highest BCUT2D eigenvalue weighted by atomic mass is 16.4. The van der Waals surface area contributed by atoms with E-state index in [0.29, 0.717) is 18.7 Å². The van der Waals surface area contributed by atoms with Gasteiger partial charge in [0.2, 0.25) is 0 Å². The molecule has 0 bridgehead atoms. The number of oxime groups is 1. The quantitative estimate of drug-likeness (QED) is 0.431. The van der Waals surface area contributed by atoms with Crippen molar-refractivity contribution in [3.05, 3.63) is 29.3 Å². The number of carboxylic acid groups (broad SMARTS) is 1. The van der Waals surface area contributed by atoms with Crippen LogP contribution in [0, 0.1) is 0 Å². The molecule has 5 heteroatoms. The van der Waals surface area contributed by atoms with Gasteiger partial charge in [0.25, 0.3) is 0 Å². The molecule has 2 N–H and O–H groups in total. The summed E-state index contributed by atoms with van der Waals surface area (Å²) in [6, 6.07) is 5.38. The topological polar surface area (TPSA) is 73.1 Å². The smallest absolute Gasteiger partial charge is 0.411 e. The van der Waals surface area contributed by atoms with Crippen molar-refractivity contribution >= 4 is 17.5 Å². The fourth-order valence-corrected chi connectivity index (χ4v) is 1.88. The number of amides is 1. The number of anilines is 1. The largest absolute Gasteiger partial charge is 0.465 e. The molecule has 1 aliphatic rings. The van der Waals surface area contributed by atoms with Crippen molar-refractivity contribution in [3.8, 4) is 0 Å². The predicted octanol–water partition coefficient (Wildman–Crippen LogP) is 1.93. The normalized spacial score (nSPS) is 15.1. The lowest BCUT2D eigenvalue weighted by Crippen LogP contribution is -2.26. The van der Waals surface area contributed by atoms with Crippen molar-refractivity contribution in [2.45, 2.75) is 13.3 Å². The van der Waals surface area contributed by atoms with Crippen molar-refractivity contribution in [1.82, 2.24) is 0 Å². The van der Waals surface area contributed by atoms with Crippen molar-refractivity contribution in [2.75, 3.05) is 11.4 Å². The van der Waals surface area contributed by atoms with E-state index in [-0.39, 0.29) is 0 Å². The molecule has 0 unspecified atom stereocenters. The van der Waals surface area contributed by atoms with Crippen LogP contribution in [0.4, 0.5) is 10.5 Å². The molecule has 0 aromatic heterocycles. The standard InChI is InChI=1S/C11H12N2O3/c1-7(12-16)8-2-3-10-9(6-8)4-5-13(10)11(14)15/h2-3,6,16H,4-5H2,1H3,(H,14,15)/b12-7+. The lowest BCUT2D eigenvalue weighted by Gasteiger charge is -2.12. The summed E-state index contributed by atoms with van der Waals surface area (Å²) >= 11 is 0. The van der Waals surface area contributed by atoms with Gasteiger partial charge in [-0.05, 0) is 36.6 Å². The van der Waals surface area contributed by atoms with Crippen LogP contribution in [0.15, 0.2) is 23.4 Å². The first-order valence-corrected chi connectivity index (χ1v) is 4.96. The van der Waals surface area contributed by atoms with E-state index in [4.69, 9.17) is 10.3 Å². The third-order valence-electron chi connectivity index (χ3n) is 2.77. The zero-order valence-corrected chi connectivity index (χ0v) is 8.84. The first-order valence-electron chi connectivity index (χ1n) is 4.96. The average molecular weight is 220 g/mol. The number of hydrogen-bond donors (Lipinski definition) is 2. The number of benzene rings is 1. The summed E-state index contributed by atoms with van der Waals surface area (Å²) in [6.45, 7) is 2.19. The second kappa shape index (κ2) is 3.84. The maximum absolute atomic E-state index is 10.9. The highest BCUT2D eigenvalue weighted by Crippen LogP contribution is 2.28. The predicted molar refractivity (Wildman–Crippen MR) is 59.5 cm³/mol. The van der Waals surface area contributed by atoms with Crippen LogP contribution in [0.2, 0.25) is 0 Å². The lowest BCUT2D eigenvalue weighted by atomic mass is 10.1. The summed E-state index contributed by atoms with van der Waals surface area (Å²) < 4.78 is 0. The van der Waals surface area contributed by atoms with Crippen LogP contribution in [0.5, 0.6) is 0 Å². The molecule has 2 rings (SSSR count). The Bertz CT molecular complexity index is 468. The molecule has 5 nitrogen and oxygen atoms in total.